The number of amides is 1. The van der Waals surface area contributed by atoms with Crippen LogP contribution in [0.2, 0.25) is 0 Å². The fraction of sp³-hybridized carbons (Fsp3) is 0.579. The fourth-order valence-corrected chi connectivity index (χ4v) is 4.27. The van der Waals surface area contributed by atoms with Gasteiger partial charge in [-0.2, -0.15) is 0 Å². The number of rotatable bonds is 3. The molecule has 1 N–H and O–H groups in total. The molecule has 1 aromatic rings. The van der Waals surface area contributed by atoms with E-state index in [0.29, 0.717) is 25.2 Å². The second-order valence-corrected chi connectivity index (χ2v) is 7.17. The van der Waals surface area contributed by atoms with Crippen LogP contribution >= 0.6 is 0 Å². The molecule has 1 aliphatic carbocycles. The lowest BCUT2D eigenvalue weighted by molar-refractivity contribution is -0.141. The molecule has 2 aliphatic rings. The summed E-state index contributed by atoms with van der Waals surface area (Å²) in [6, 6.07) is 8.63. The van der Waals surface area contributed by atoms with Crippen LogP contribution in [0.1, 0.15) is 49.7 Å². The van der Waals surface area contributed by atoms with Gasteiger partial charge in [-0.25, -0.2) is 0 Å². The molecular weight excluding hydrogens is 290 g/mol. The summed E-state index contributed by atoms with van der Waals surface area (Å²) in [6.07, 6.45) is 2.85. The largest absolute Gasteiger partial charge is 0.481 e. The van der Waals surface area contributed by atoms with E-state index in [0.717, 1.165) is 13.0 Å². The van der Waals surface area contributed by atoms with E-state index in [4.69, 9.17) is 5.11 Å². The third kappa shape index (κ3) is 3.12. The predicted molar refractivity (Wildman–Crippen MR) is 88.2 cm³/mol. The number of aliphatic carboxylic acids is 1. The molecule has 0 aromatic heterocycles. The first-order valence-corrected chi connectivity index (χ1v) is 8.56. The van der Waals surface area contributed by atoms with Gasteiger partial charge in [0.1, 0.15) is 0 Å². The molecule has 1 saturated heterocycles. The van der Waals surface area contributed by atoms with Crippen LogP contribution in [0.15, 0.2) is 24.3 Å². The Bertz CT molecular complexity index is 612. The Morgan fingerprint density at radius 1 is 1.13 bits per heavy atom. The number of likely N-dealkylation sites (tertiary alicyclic amines) is 1. The predicted octanol–water partition coefficient (Wildman–Crippen LogP) is 3.20. The molecule has 4 heteroatoms. The number of carbonyl (C=O) groups excluding carboxylic acids is 1. The van der Waals surface area contributed by atoms with Crippen LogP contribution in [0.4, 0.5) is 0 Å². The number of nitrogens with zero attached hydrogens (tertiary/aromatic N) is 1. The van der Waals surface area contributed by atoms with Crippen molar-refractivity contribution in [1.82, 2.24) is 4.90 Å². The fourth-order valence-electron chi connectivity index (χ4n) is 4.27. The minimum Gasteiger partial charge on any atom is -0.481 e. The number of hydrogen-bond donors (Lipinski definition) is 1. The molecule has 0 bridgehead atoms. The summed E-state index contributed by atoms with van der Waals surface area (Å²) in [5, 5.41) is 9.13. The number of carbonyl (C=O) groups is 2. The van der Waals surface area contributed by atoms with Gasteiger partial charge in [0.25, 0.3) is 0 Å². The second kappa shape index (κ2) is 6.34. The molecule has 0 radical (unpaired) electrons. The summed E-state index contributed by atoms with van der Waals surface area (Å²) in [5.74, 6) is -0.639. The highest BCUT2D eigenvalue weighted by Gasteiger charge is 2.40. The number of benzene rings is 1. The Hall–Kier alpha value is -1.84. The highest BCUT2D eigenvalue weighted by Crippen LogP contribution is 2.38. The molecule has 4 nitrogen and oxygen atoms in total. The highest BCUT2D eigenvalue weighted by atomic mass is 16.4. The minimum atomic E-state index is -0.757. The maximum atomic E-state index is 12.8. The number of aryl methyl sites for hydroxylation is 1. The molecule has 124 valence electrons. The maximum absolute atomic E-state index is 12.8. The van der Waals surface area contributed by atoms with Crippen molar-refractivity contribution in [3.8, 4) is 0 Å². The van der Waals surface area contributed by atoms with Gasteiger partial charge < -0.3 is 10.0 Å². The van der Waals surface area contributed by atoms with Crippen molar-refractivity contribution in [3.63, 3.8) is 0 Å². The second-order valence-electron chi connectivity index (χ2n) is 7.17. The van der Waals surface area contributed by atoms with Crippen LogP contribution < -0.4 is 0 Å². The van der Waals surface area contributed by atoms with Crippen LogP contribution in [0.25, 0.3) is 0 Å². The molecule has 1 aromatic carbocycles. The van der Waals surface area contributed by atoms with E-state index in [1.807, 2.05) is 11.0 Å². The molecule has 1 saturated carbocycles. The number of carboxylic acids is 1. The Labute approximate surface area is 137 Å². The zero-order valence-corrected chi connectivity index (χ0v) is 13.9. The number of carboxylic acid groups (broad SMARTS) is 1. The van der Waals surface area contributed by atoms with Gasteiger partial charge in [0.15, 0.2) is 0 Å². The van der Waals surface area contributed by atoms with Crippen molar-refractivity contribution in [3.05, 3.63) is 35.4 Å². The van der Waals surface area contributed by atoms with Gasteiger partial charge in [0.05, 0.1) is 5.92 Å². The Morgan fingerprint density at radius 2 is 1.83 bits per heavy atom. The summed E-state index contributed by atoms with van der Waals surface area (Å²) in [6.45, 7) is 5.00. The zero-order chi connectivity index (χ0) is 16.6. The lowest BCUT2D eigenvalue weighted by Gasteiger charge is -2.25. The molecule has 1 aliphatic heterocycles. The monoisotopic (exact) mass is 315 g/mol. The maximum Gasteiger partial charge on any atom is 0.306 e. The average Bonchev–Trinajstić information content (AvgIpc) is 3.14. The minimum absolute atomic E-state index is 0.103. The first-order chi connectivity index (χ1) is 11.0. The molecule has 23 heavy (non-hydrogen) atoms. The summed E-state index contributed by atoms with van der Waals surface area (Å²) in [7, 11) is 0. The first-order valence-electron chi connectivity index (χ1n) is 8.56. The van der Waals surface area contributed by atoms with Crippen LogP contribution in [0, 0.1) is 18.8 Å². The van der Waals surface area contributed by atoms with E-state index in [1.165, 1.54) is 11.1 Å². The van der Waals surface area contributed by atoms with E-state index < -0.39 is 5.97 Å². The van der Waals surface area contributed by atoms with Gasteiger partial charge in [-0.05, 0) is 50.7 Å². The SMILES string of the molecule is Cc1ccccc1C1CC(C)N(C(=O)[C@@H]2CC[C@H](C(=O)O)C2)C1. The van der Waals surface area contributed by atoms with Crippen molar-refractivity contribution in [2.24, 2.45) is 11.8 Å². The quantitative estimate of drug-likeness (QED) is 0.932. The van der Waals surface area contributed by atoms with E-state index in [-0.39, 0.29) is 23.8 Å². The molecule has 1 amide bonds. The topological polar surface area (TPSA) is 57.6 Å². The average molecular weight is 315 g/mol. The summed E-state index contributed by atoms with van der Waals surface area (Å²) >= 11 is 0. The van der Waals surface area contributed by atoms with Crippen LogP contribution in [-0.4, -0.2) is 34.5 Å². The van der Waals surface area contributed by atoms with Gasteiger partial charge in [-0.15, -0.1) is 0 Å². The normalized spacial score (nSPS) is 30.6. The summed E-state index contributed by atoms with van der Waals surface area (Å²) < 4.78 is 0. The lowest BCUT2D eigenvalue weighted by Crippen LogP contribution is -2.38. The molecule has 1 heterocycles. The van der Waals surface area contributed by atoms with E-state index in [9.17, 15) is 9.59 Å². The smallest absolute Gasteiger partial charge is 0.306 e. The Balaban J connectivity index is 1.69. The van der Waals surface area contributed by atoms with Gasteiger partial charge in [-0.3, -0.25) is 9.59 Å². The Morgan fingerprint density at radius 3 is 2.48 bits per heavy atom. The molecular formula is C19H25NO3. The van der Waals surface area contributed by atoms with Crippen molar-refractivity contribution < 1.29 is 14.7 Å². The zero-order valence-electron chi connectivity index (χ0n) is 13.9. The van der Waals surface area contributed by atoms with Gasteiger partial charge in [0.2, 0.25) is 5.91 Å². The van der Waals surface area contributed by atoms with Crippen molar-refractivity contribution in [2.45, 2.75) is 51.5 Å². The van der Waals surface area contributed by atoms with Crippen molar-refractivity contribution in [2.75, 3.05) is 6.54 Å². The third-order valence-electron chi connectivity index (χ3n) is 5.62. The van der Waals surface area contributed by atoms with Crippen molar-refractivity contribution in [1.29, 1.82) is 0 Å². The molecule has 2 unspecified atom stereocenters. The van der Waals surface area contributed by atoms with E-state index in [2.05, 4.69) is 32.0 Å². The third-order valence-corrected chi connectivity index (χ3v) is 5.62. The standard InChI is InChI=1S/C19H25NO3/c1-12-5-3-4-6-17(12)16-9-13(2)20(11-16)18(21)14-7-8-15(10-14)19(22)23/h3-6,13-16H,7-11H2,1-2H3,(H,22,23)/t13?,14-,15+,16?/m1/s1. The molecule has 4 atom stereocenters. The van der Waals surface area contributed by atoms with Gasteiger partial charge in [0, 0.05) is 24.4 Å². The van der Waals surface area contributed by atoms with Gasteiger partial charge >= 0.3 is 5.97 Å². The number of hydrogen-bond acceptors (Lipinski definition) is 2. The van der Waals surface area contributed by atoms with Crippen LogP contribution in [0.3, 0.4) is 0 Å². The van der Waals surface area contributed by atoms with Crippen molar-refractivity contribution >= 4 is 11.9 Å². The van der Waals surface area contributed by atoms with Crippen LogP contribution in [-0.2, 0) is 9.59 Å². The van der Waals surface area contributed by atoms with Gasteiger partial charge in [-0.1, -0.05) is 24.3 Å². The Kier molecular flexibility index (Phi) is 4.42. The molecule has 2 fully saturated rings. The molecule has 0 spiro atoms. The lowest BCUT2D eigenvalue weighted by atomic mass is 9.93. The van der Waals surface area contributed by atoms with E-state index in [1.54, 1.807) is 0 Å². The van der Waals surface area contributed by atoms with E-state index >= 15 is 0 Å². The highest BCUT2D eigenvalue weighted by molar-refractivity contribution is 5.81. The molecule has 3 rings (SSSR count). The summed E-state index contributed by atoms with van der Waals surface area (Å²) in [4.78, 5) is 25.9. The first kappa shape index (κ1) is 16.0. The van der Waals surface area contributed by atoms with Crippen LogP contribution in [0.5, 0.6) is 0 Å². The summed E-state index contributed by atoms with van der Waals surface area (Å²) in [5.41, 5.74) is 2.62.